The quantitative estimate of drug-likeness (QED) is 0.473. The molecule has 1 fully saturated rings. The molecule has 0 heterocycles. The van der Waals surface area contributed by atoms with Crippen LogP contribution in [-0.2, 0) is 4.79 Å². The van der Waals surface area contributed by atoms with Gasteiger partial charge in [-0.3, -0.25) is 10.2 Å². The minimum Gasteiger partial charge on any atom is -0.481 e. The third kappa shape index (κ3) is 3.36. The first-order chi connectivity index (χ1) is 6.59. The second kappa shape index (κ2) is 4.98. The summed E-state index contributed by atoms with van der Waals surface area (Å²) in [6.07, 6.45) is 5.02. The number of carboxylic acid groups (broad SMARTS) is 1. The standard InChI is InChI=1S/C10H18N2O2/c11-10(12)8-4-1-7(2-5-8)3-6-9(13)14/h7-8H,1-6H2,(H3,11,12)(H,13,14). The Morgan fingerprint density at radius 2 is 1.93 bits per heavy atom. The Kier molecular flexibility index (Phi) is 3.92. The molecule has 14 heavy (non-hydrogen) atoms. The van der Waals surface area contributed by atoms with Crippen molar-refractivity contribution in [3.8, 4) is 0 Å². The van der Waals surface area contributed by atoms with Gasteiger partial charge in [0.05, 0.1) is 5.84 Å². The van der Waals surface area contributed by atoms with E-state index in [1.165, 1.54) is 0 Å². The summed E-state index contributed by atoms with van der Waals surface area (Å²) >= 11 is 0. The van der Waals surface area contributed by atoms with Gasteiger partial charge < -0.3 is 10.8 Å². The van der Waals surface area contributed by atoms with Gasteiger partial charge in [0.2, 0.25) is 0 Å². The minimum absolute atomic E-state index is 0.246. The van der Waals surface area contributed by atoms with Gasteiger partial charge in [-0.25, -0.2) is 0 Å². The third-order valence-electron chi connectivity index (χ3n) is 3.05. The van der Waals surface area contributed by atoms with Crippen molar-refractivity contribution < 1.29 is 9.90 Å². The first kappa shape index (κ1) is 11.0. The zero-order valence-electron chi connectivity index (χ0n) is 8.33. The molecule has 4 N–H and O–H groups in total. The summed E-state index contributed by atoms with van der Waals surface area (Å²) in [6, 6.07) is 0. The Labute approximate surface area is 84.0 Å². The molecule has 0 bridgehead atoms. The van der Waals surface area contributed by atoms with Gasteiger partial charge >= 0.3 is 5.97 Å². The molecule has 1 rings (SSSR count). The van der Waals surface area contributed by atoms with Crippen LogP contribution < -0.4 is 5.73 Å². The van der Waals surface area contributed by atoms with Gasteiger partial charge in [-0.2, -0.15) is 0 Å². The van der Waals surface area contributed by atoms with Gasteiger partial charge in [-0.1, -0.05) is 0 Å². The van der Waals surface area contributed by atoms with E-state index < -0.39 is 5.97 Å². The zero-order chi connectivity index (χ0) is 10.6. The maximum Gasteiger partial charge on any atom is 0.303 e. The lowest BCUT2D eigenvalue weighted by atomic mass is 9.79. The highest BCUT2D eigenvalue weighted by Crippen LogP contribution is 2.31. The SMILES string of the molecule is N=C(N)C1CCC(CCC(=O)O)CC1. The van der Waals surface area contributed by atoms with Crippen molar-refractivity contribution in [2.24, 2.45) is 17.6 Å². The fourth-order valence-corrected chi connectivity index (χ4v) is 2.09. The highest BCUT2D eigenvalue weighted by molar-refractivity contribution is 5.79. The molecular weight excluding hydrogens is 180 g/mol. The fraction of sp³-hybridized carbons (Fsp3) is 0.800. The molecule has 0 amide bonds. The number of aliphatic carboxylic acids is 1. The van der Waals surface area contributed by atoms with Crippen molar-refractivity contribution in [1.29, 1.82) is 5.41 Å². The first-order valence-corrected chi connectivity index (χ1v) is 5.15. The Bertz CT molecular complexity index is 220. The average molecular weight is 198 g/mol. The summed E-state index contributed by atoms with van der Waals surface area (Å²) in [5, 5.41) is 15.8. The van der Waals surface area contributed by atoms with Gasteiger partial charge in [-0.15, -0.1) is 0 Å². The second-order valence-corrected chi connectivity index (χ2v) is 4.11. The molecular formula is C10H18N2O2. The number of carboxylic acids is 1. The number of hydrogen-bond donors (Lipinski definition) is 3. The monoisotopic (exact) mass is 198 g/mol. The van der Waals surface area contributed by atoms with E-state index in [4.69, 9.17) is 16.2 Å². The Balaban J connectivity index is 2.22. The van der Waals surface area contributed by atoms with E-state index in [1.807, 2.05) is 0 Å². The predicted octanol–water partition coefficient (Wildman–Crippen LogP) is 1.59. The van der Waals surface area contributed by atoms with Gasteiger partial charge in [0, 0.05) is 12.3 Å². The number of nitrogens with two attached hydrogens (primary N) is 1. The second-order valence-electron chi connectivity index (χ2n) is 4.11. The molecule has 80 valence electrons. The summed E-state index contributed by atoms with van der Waals surface area (Å²) in [5.74, 6) is 0.359. The Hall–Kier alpha value is -1.06. The molecule has 1 aliphatic rings. The van der Waals surface area contributed by atoms with Crippen molar-refractivity contribution in [2.45, 2.75) is 38.5 Å². The number of nitrogens with one attached hydrogen (secondary N) is 1. The molecule has 4 heteroatoms. The van der Waals surface area contributed by atoms with Gasteiger partial charge in [0.25, 0.3) is 0 Å². The van der Waals surface area contributed by atoms with Crippen LogP contribution >= 0.6 is 0 Å². The molecule has 0 aromatic carbocycles. The van der Waals surface area contributed by atoms with Gasteiger partial charge in [0.1, 0.15) is 0 Å². The van der Waals surface area contributed by atoms with E-state index in [9.17, 15) is 4.79 Å². The molecule has 0 radical (unpaired) electrons. The molecule has 1 saturated carbocycles. The van der Waals surface area contributed by atoms with Gasteiger partial charge in [0.15, 0.2) is 0 Å². The number of hydrogen-bond acceptors (Lipinski definition) is 2. The molecule has 1 aliphatic carbocycles. The zero-order valence-corrected chi connectivity index (χ0v) is 8.33. The van der Waals surface area contributed by atoms with Crippen LogP contribution in [0.15, 0.2) is 0 Å². The summed E-state index contributed by atoms with van der Waals surface area (Å²) in [5.41, 5.74) is 5.42. The lowest BCUT2D eigenvalue weighted by Gasteiger charge is -2.27. The van der Waals surface area contributed by atoms with Crippen molar-refractivity contribution >= 4 is 11.8 Å². The highest BCUT2D eigenvalue weighted by Gasteiger charge is 2.22. The maximum atomic E-state index is 10.4. The van der Waals surface area contributed by atoms with Crippen molar-refractivity contribution in [1.82, 2.24) is 0 Å². The fourth-order valence-electron chi connectivity index (χ4n) is 2.09. The minimum atomic E-state index is -0.710. The highest BCUT2D eigenvalue weighted by atomic mass is 16.4. The summed E-state index contributed by atoms with van der Waals surface area (Å²) < 4.78 is 0. The van der Waals surface area contributed by atoms with E-state index >= 15 is 0 Å². The van der Waals surface area contributed by atoms with Crippen LogP contribution in [0.1, 0.15) is 38.5 Å². The molecule has 0 aromatic heterocycles. The van der Waals surface area contributed by atoms with Crippen LogP contribution in [0.2, 0.25) is 0 Å². The first-order valence-electron chi connectivity index (χ1n) is 5.15. The lowest BCUT2D eigenvalue weighted by Crippen LogP contribution is -2.27. The van der Waals surface area contributed by atoms with E-state index in [-0.39, 0.29) is 12.3 Å². The topological polar surface area (TPSA) is 87.2 Å². The largest absolute Gasteiger partial charge is 0.481 e. The molecule has 0 unspecified atom stereocenters. The van der Waals surface area contributed by atoms with Crippen molar-refractivity contribution in [3.63, 3.8) is 0 Å². The van der Waals surface area contributed by atoms with Crippen LogP contribution in [-0.4, -0.2) is 16.9 Å². The molecule has 4 nitrogen and oxygen atoms in total. The summed E-state index contributed by atoms with van der Waals surface area (Å²) in [6.45, 7) is 0. The molecule has 0 atom stereocenters. The summed E-state index contributed by atoms with van der Waals surface area (Å²) in [7, 11) is 0. The average Bonchev–Trinajstić information content (AvgIpc) is 2.15. The van der Waals surface area contributed by atoms with Crippen LogP contribution in [0.25, 0.3) is 0 Å². The van der Waals surface area contributed by atoms with Crippen LogP contribution in [0.3, 0.4) is 0 Å². The number of amidine groups is 1. The Morgan fingerprint density at radius 3 is 2.36 bits per heavy atom. The van der Waals surface area contributed by atoms with E-state index in [2.05, 4.69) is 0 Å². The van der Waals surface area contributed by atoms with Gasteiger partial charge in [-0.05, 0) is 38.0 Å². The van der Waals surface area contributed by atoms with Crippen LogP contribution in [0, 0.1) is 17.2 Å². The van der Waals surface area contributed by atoms with E-state index in [1.54, 1.807) is 0 Å². The predicted molar refractivity (Wildman–Crippen MR) is 54.2 cm³/mol. The third-order valence-corrected chi connectivity index (χ3v) is 3.05. The molecule has 0 spiro atoms. The normalized spacial score (nSPS) is 27.1. The summed E-state index contributed by atoms with van der Waals surface area (Å²) in [4.78, 5) is 10.4. The molecule has 0 aromatic rings. The van der Waals surface area contributed by atoms with Crippen LogP contribution in [0.5, 0.6) is 0 Å². The Morgan fingerprint density at radius 1 is 1.36 bits per heavy atom. The number of carbonyl (C=O) groups is 1. The smallest absolute Gasteiger partial charge is 0.303 e. The van der Waals surface area contributed by atoms with Crippen LogP contribution in [0.4, 0.5) is 0 Å². The van der Waals surface area contributed by atoms with E-state index in [0.717, 1.165) is 32.1 Å². The van der Waals surface area contributed by atoms with E-state index in [0.29, 0.717) is 11.8 Å². The maximum absolute atomic E-state index is 10.4. The molecule has 0 saturated heterocycles. The molecule has 0 aliphatic heterocycles. The number of rotatable bonds is 4. The van der Waals surface area contributed by atoms with Crippen molar-refractivity contribution in [3.05, 3.63) is 0 Å². The van der Waals surface area contributed by atoms with Crippen molar-refractivity contribution in [2.75, 3.05) is 0 Å². The lowest BCUT2D eigenvalue weighted by molar-refractivity contribution is -0.137.